The third-order valence-electron chi connectivity index (χ3n) is 4.86. The molecule has 0 spiro atoms. The normalized spacial score (nSPS) is 10.9. The van der Waals surface area contributed by atoms with Crippen LogP contribution in [0.25, 0.3) is 0 Å². The van der Waals surface area contributed by atoms with Gasteiger partial charge in [-0.1, -0.05) is 72.8 Å². The highest BCUT2D eigenvalue weighted by Crippen LogP contribution is 2.49. The fraction of sp³-hybridized carbons (Fsp3) is 0. The maximum Gasteiger partial charge on any atom is 0.648 e. The minimum atomic E-state index is -4.17. The zero-order chi connectivity index (χ0) is 26.8. The van der Waals surface area contributed by atoms with Crippen molar-refractivity contribution in [3.8, 4) is 34.6 Å². The second-order valence-corrected chi connectivity index (χ2v) is 10.2. The van der Waals surface area contributed by atoms with Crippen LogP contribution in [0.1, 0.15) is 0 Å². The van der Waals surface area contributed by atoms with Crippen molar-refractivity contribution in [1.82, 2.24) is 4.98 Å². The molecule has 0 aliphatic rings. The number of rotatable bonds is 12. The number of para-hydroxylation sites is 4. The molecule has 1 heterocycles. The summed E-state index contributed by atoms with van der Waals surface area (Å²) in [5, 5.41) is 0. The number of hydrogen-bond donors (Lipinski definition) is 0. The van der Waals surface area contributed by atoms with E-state index in [0.29, 0.717) is 28.7 Å². The highest BCUT2D eigenvalue weighted by Gasteiger charge is 2.34. The van der Waals surface area contributed by atoms with Crippen molar-refractivity contribution < 1.29 is 31.7 Å². The molecule has 0 amide bonds. The monoisotopic (exact) mass is 559 g/mol. The Bertz CT molecular complexity index is 1390. The SMILES string of the molecule is O=P(Oc1ccccc1)(Oc1ccccc1)Oc1ccc(OP(Oc2ccccc2)Oc2ccccc2)cn1. The molecule has 1 aromatic heterocycles. The first kappa shape index (κ1) is 26.1. The molecule has 8 nitrogen and oxygen atoms in total. The summed E-state index contributed by atoms with van der Waals surface area (Å²) in [5.41, 5.74) is 0. The van der Waals surface area contributed by atoms with Crippen molar-refractivity contribution in [1.29, 1.82) is 0 Å². The van der Waals surface area contributed by atoms with Crippen molar-refractivity contribution in [2.75, 3.05) is 0 Å². The summed E-state index contributed by atoms with van der Waals surface area (Å²) < 4.78 is 48.4. The molecule has 4 aromatic carbocycles. The number of hydrogen-bond acceptors (Lipinski definition) is 8. The van der Waals surface area contributed by atoms with Gasteiger partial charge in [-0.3, -0.25) is 0 Å². The summed E-state index contributed by atoms with van der Waals surface area (Å²) in [4.78, 5) is 4.23. The standard InChI is InChI=1S/C29H23NO7P2/c31-39(35-26-17-9-3-10-18-26,36-27-19-11-4-12-20-27)37-29-22-21-28(23-30-29)34-38(32-24-13-5-1-6-14-24)33-25-15-7-2-8-16-25/h1-23H. The minimum absolute atomic E-state index is 0.00910. The van der Waals surface area contributed by atoms with Crippen LogP contribution in [0.15, 0.2) is 140 Å². The van der Waals surface area contributed by atoms with Gasteiger partial charge in [-0.15, -0.1) is 0 Å². The van der Waals surface area contributed by atoms with Crippen LogP contribution in [-0.2, 0) is 4.57 Å². The lowest BCUT2D eigenvalue weighted by atomic mass is 10.3. The van der Waals surface area contributed by atoms with Crippen LogP contribution in [0.5, 0.6) is 34.6 Å². The summed E-state index contributed by atoms with van der Waals surface area (Å²) in [6.07, 6.45) is 1.41. The number of pyridine rings is 1. The van der Waals surface area contributed by atoms with Crippen molar-refractivity contribution in [3.63, 3.8) is 0 Å². The molecule has 0 atom stereocenters. The molecule has 0 bridgehead atoms. The molecular weight excluding hydrogens is 536 g/mol. The number of phosphoric ester groups is 1. The van der Waals surface area contributed by atoms with Gasteiger partial charge < -0.3 is 27.1 Å². The molecule has 10 heteroatoms. The molecule has 0 aliphatic heterocycles. The summed E-state index contributed by atoms with van der Waals surface area (Å²) in [6, 6.07) is 38.7. The Balaban J connectivity index is 1.31. The smallest absolute Gasteiger partial charge is 0.409 e. The average molecular weight is 559 g/mol. The van der Waals surface area contributed by atoms with Crippen LogP contribution < -0.4 is 27.1 Å². The lowest BCUT2D eigenvalue weighted by Gasteiger charge is -2.19. The molecule has 0 unspecified atom stereocenters. The van der Waals surface area contributed by atoms with E-state index in [2.05, 4.69) is 4.98 Å². The molecule has 0 aliphatic carbocycles. The zero-order valence-electron chi connectivity index (χ0n) is 20.5. The number of phosphoric acid groups is 1. The Kier molecular flexibility index (Phi) is 8.59. The van der Waals surface area contributed by atoms with Gasteiger partial charge >= 0.3 is 16.4 Å². The van der Waals surface area contributed by atoms with Crippen LogP contribution in [0.3, 0.4) is 0 Å². The Morgan fingerprint density at radius 3 is 1.28 bits per heavy atom. The quantitative estimate of drug-likeness (QED) is 0.141. The van der Waals surface area contributed by atoms with Crippen LogP contribution in [-0.4, -0.2) is 4.98 Å². The van der Waals surface area contributed by atoms with Crippen LogP contribution in [0.2, 0.25) is 0 Å². The predicted octanol–water partition coefficient (Wildman–Crippen LogP) is 8.49. The van der Waals surface area contributed by atoms with Gasteiger partial charge in [0.1, 0.15) is 28.7 Å². The summed E-state index contributed by atoms with van der Waals surface area (Å²) in [7, 11) is -6.05. The second-order valence-electron chi connectivity index (χ2n) is 7.80. The van der Waals surface area contributed by atoms with Gasteiger partial charge in [0.2, 0.25) is 5.88 Å². The van der Waals surface area contributed by atoms with E-state index in [1.165, 1.54) is 12.3 Å². The van der Waals surface area contributed by atoms with Crippen molar-refractivity contribution in [2.45, 2.75) is 0 Å². The van der Waals surface area contributed by atoms with E-state index in [9.17, 15) is 4.57 Å². The van der Waals surface area contributed by atoms with E-state index in [-0.39, 0.29) is 5.88 Å². The van der Waals surface area contributed by atoms with Gasteiger partial charge in [0.15, 0.2) is 0 Å². The summed E-state index contributed by atoms with van der Waals surface area (Å²) in [5.74, 6) is 2.17. The maximum absolute atomic E-state index is 13.6. The van der Waals surface area contributed by atoms with E-state index in [1.807, 2.05) is 48.5 Å². The largest absolute Gasteiger partial charge is 0.648 e. The Morgan fingerprint density at radius 2 is 0.872 bits per heavy atom. The van der Waals surface area contributed by atoms with Crippen LogP contribution >= 0.6 is 16.4 Å². The van der Waals surface area contributed by atoms with Gasteiger partial charge in [-0.2, -0.15) is 4.57 Å². The third-order valence-corrected chi connectivity index (χ3v) is 7.22. The predicted molar refractivity (Wildman–Crippen MR) is 148 cm³/mol. The van der Waals surface area contributed by atoms with Gasteiger partial charge in [-0.25, -0.2) is 4.98 Å². The zero-order valence-corrected chi connectivity index (χ0v) is 22.3. The van der Waals surface area contributed by atoms with E-state index >= 15 is 0 Å². The third kappa shape index (κ3) is 7.99. The maximum atomic E-state index is 13.6. The van der Waals surface area contributed by atoms with Gasteiger partial charge in [0, 0.05) is 6.07 Å². The first-order valence-electron chi connectivity index (χ1n) is 11.8. The van der Waals surface area contributed by atoms with Gasteiger partial charge in [-0.05, 0) is 54.6 Å². The van der Waals surface area contributed by atoms with Gasteiger partial charge in [0.25, 0.3) is 0 Å². The van der Waals surface area contributed by atoms with Crippen LogP contribution in [0, 0.1) is 0 Å². The first-order valence-corrected chi connectivity index (χ1v) is 14.4. The highest BCUT2D eigenvalue weighted by molar-refractivity contribution is 7.49. The van der Waals surface area contributed by atoms with E-state index in [1.54, 1.807) is 78.9 Å². The molecule has 0 saturated heterocycles. The molecule has 0 N–H and O–H groups in total. The average Bonchev–Trinajstić information content (AvgIpc) is 2.96. The fourth-order valence-electron chi connectivity index (χ4n) is 3.14. The lowest BCUT2D eigenvalue weighted by molar-refractivity contribution is 0.294. The van der Waals surface area contributed by atoms with Gasteiger partial charge in [0.05, 0.1) is 6.20 Å². The number of aromatic nitrogens is 1. The topological polar surface area (TPSA) is 85.3 Å². The van der Waals surface area contributed by atoms with E-state index in [0.717, 1.165) is 0 Å². The fourth-order valence-corrected chi connectivity index (χ4v) is 5.33. The summed E-state index contributed by atoms with van der Waals surface area (Å²) in [6.45, 7) is 0. The number of nitrogens with zero attached hydrogens (tertiary/aromatic N) is 1. The van der Waals surface area contributed by atoms with Crippen molar-refractivity contribution in [2.24, 2.45) is 0 Å². The summed E-state index contributed by atoms with van der Waals surface area (Å²) >= 11 is 0. The van der Waals surface area contributed by atoms with Crippen molar-refractivity contribution in [3.05, 3.63) is 140 Å². The Hall–Kier alpha value is -4.51. The molecule has 5 rings (SSSR count). The second kappa shape index (κ2) is 12.8. The molecule has 5 aromatic rings. The highest BCUT2D eigenvalue weighted by atomic mass is 31.2. The van der Waals surface area contributed by atoms with Crippen molar-refractivity contribution >= 4 is 16.4 Å². The lowest BCUT2D eigenvalue weighted by Crippen LogP contribution is -2.08. The van der Waals surface area contributed by atoms with E-state index < -0.39 is 16.4 Å². The Morgan fingerprint density at radius 1 is 0.462 bits per heavy atom. The molecule has 0 radical (unpaired) electrons. The molecule has 39 heavy (non-hydrogen) atoms. The molecule has 0 saturated carbocycles. The first-order chi connectivity index (χ1) is 19.1. The molecule has 196 valence electrons. The molecular formula is C29H23NO7P2. The van der Waals surface area contributed by atoms with Crippen LogP contribution in [0.4, 0.5) is 0 Å². The Labute approximate surface area is 227 Å². The minimum Gasteiger partial charge on any atom is -0.409 e. The van der Waals surface area contributed by atoms with E-state index in [4.69, 9.17) is 27.1 Å². The molecule has 0 fully saturated rings. The number of benzene rings is 4.